The molecule has 29 heavy (non-hydrogen) atoms. The molecule has 0 spiro atoms. The summed E-state index contributed by atoms with van der Waals surface area (Å²) in [6.45, 7) is -1.54. The first kappa shape index (κ1) is 18.9. The highest BCUT2D eigenvalue weighted by Gasteiger charge is 2.30. The Morgan fingerprint density at radius 1 is 1.10 bits per heavy atom. The summed E-state index contributed by atoms with van der Waals surface area (Å²) in [5.74, 6) is -0.226. The molecule has 4 aromatic rings. The topological polar surface area (TPSA) is 110 Å². The number of aromatic nitrogens is 4. The second-order valence-electron chi connectivity index (χ2n) is 6.17. The van der Waals surface area contributed by atoms with Crippen molar-refractivity contribution in [2.75, 3.05) is 4.72 Å². The lowest BCUT2D eigenvalue weighted by molar-refractivity contribution is -0.140. The van der Waals surface area contributed by atoms with Gasteiger partial charge in [-0.1, -0.05) is 18.2 Å². The molecular weight excluding hydrogens is 411 g/mol. The largest absolute Gasteiger partial charge is 0.406 e. The first-order valence-corrected chi connectivity index (χ1v) is 9.64. The number of H-pyrrole nitrogens is 1. The molecule has 2 N–H and O–H groups in total. The zero-order valence-electron chi connectivity index (χ0n) is 14.4. The maximum atomic E-state index is 13.1. The first-order chi connectivity index (χ1) is 13.7. The Hall–Kier alpha value is -3.41. The number of nitrogens with zero attached hydrogens (tertiary/aromatic N) is 3. The van der Waals surface area contributed by atoms with E-state index in [1.54, 1.807) is 6.07 Å². The highest BCUT2D eigenvalue weighted by molar-refractivity contribution is 7.92. The van der Waals surface area contributed by atoms with Crippen LogP contribution >= 0.6 is 0 Å². The summed E-state index contributed by atoms with van der Waals surface area (Å²) in [7, 11) is -4.01. The SMILES string of the molecule is O=c1c2cn[nH]c2c2cnc(NS(=O)(=O)c3ccccc3)cc2n1CC(F)(F)F. The van der Waals surface area contributed by atoms with Crippen LogP contribution in [0, 0.1) is 0 Å². The smallest absolute Gasteiger partial charge is 0.298 e. The van der Waals surface area contributed by atoms with Crippen LogP contribution in [0.1, 0.15) is 0 Å². The lowest BCUT2D eigenvalue weighted by atomic mass is 10.2. The predicted octanol–water partition coefficient (Wildman–Crippen LogP) is 2.64. The van der Waals surface area contributed by atoms with Crippen molar-refractivity contribution in [3.05, 3.63) is 59.1 Å². The van der Waals surface area contributed by atoms with E-state index in [4.69, 9.17) is 0 Å². The normalized spacial score (nSPS) is 12.5. The fraction of sp³-hybridized carbons (Fsp3) is 0.118. The van der Waals surface area contributed by atoms with Crippen LogP contribution in [0.15, 0.2) is 58.5 Å². The molecule has 0 amide bonds. The van der Waals surface area contributed by atoms with Gasteiger partial charge in [-0.3, -0.25) is 19.2 Å². The molecule has 150 valence electrons. The average Bonchev–Trinajstić information content (AvgIpc) is 3.15. The third-order valence-corrected chi connectivity index (χ3v) is 5.56. The standard InChI is InChI=1S/C17H12F3N5O3S/c18-17(19,20)9-25-13-6-14(24-29(27,28)10-4-2-1-3-5-10)21-7-11(13)15-12(16(25)26)8-22-23-15/h1-8H,9H2,(H,21,24)(H,22,23). The summed E-state index contributed by atoms with van der Waals surface area (Å²) in [6.07, 6.45) is -2.35. The van der Waals surface area contributed by atoms with Crippen molar-refractivity contribution in [3.63, 3.8) is 0 Å². The predicted molar refractivity (Wildman–Crippen MR) is 99.0 cm³/mol. The third kappa shape index (κ3) is 3.53. The molecule has 0 aliphatic rings. The number of fused-ring (bicyclic) bond motifs is 3. The molecule has 3 aromatic heterocycles. The number of aromatic amines is 1. The van der Waals surface area contributed by atoms with Gasteiger partial charge < -0.3 is 0 Å². The van der Waals surface area contributed by atoms with Crippen LogP contribution in [0.2, 0.25) is 0 Å². The number of anilines is 1. The van der Waals surface area contributed by atoms with Gasteiger partial charge >= 0.3 is 6.18 Å². The number of alkyl halides is 3. The molecule has 12 heteroatoms. The molecule has 1 aromatic carbocycles. The molecule has 0 aliphatic carbocycles. The number of halogens is 3. The number of benzene rings is 1. The maximum absolute atomic E-state index is 13.1. The second kappa shape index (κ2) is 6.58. The summed E-state index contributed by atoms with van der Waals surface area (Å²) in [6, 6.07) is 8.49. The molecule has 0 bridgehead atoms. The maximum Gasteiger partial charge on any atom is 0.406 e. The van der Waals surface area contributed by atoms with Crippen molar-refractivity contribution >= 4 is 37.6 Å². The minimum Gasteiger partial charge on any atom is -0.298 e. The number of rotatable bonds is 4. The molecule has 0 fully saturated rings. The van der Waals surface area contributed by atoms with Crippen LogP contribution in [0.3, 0.4) is 0 Å². The van der Waals surface area contributed by atoms with Gasteiger partial charge in [-0.2, -0.15) is 18.3 Å². The van der Waals surface area contributed by atoms with E-state index in [2.05, 4.69) is 19.9 Å². The van der Waals surface area contributed by atoms with E-state index in [-0.39, 0.29) is 32.5 Å². The molecule has 0 radical (unpaired) electrons. The van der Waals surface area contributed by atoms with Crippen molar-refractivity contribution in [2.24, 2.45) is 0 Å². The monoisotopic (exact) mass is 423 g/mol. The zero-order chi connectivity index (χ0) is 20.8. The van der Waals surface area contributed by atoms with Gasteiger partial charge in [-0.15, -0.1) is 0 Å². The molecular formula is C17H12F3N5O3S. The minimum atomic E-state index is -4.67. The summed E-state index contributed by atoms with van der Waals surface area (Å²) >= 11 is 0. The van der Waals surface area contributed by atoms with Crippen LogP contribution < -0.4 is 10.3 Å². The van der Waals surface area contributed by atoms with Gasteiger partial charge in [0.05, 0.1) is 27.5 Å². The van der Waals surface area contributed by atoms with E-state index in [0.29, 0.717) is 4.57 Å². The molecule has 0 unspecified atom stereocenters. The lowest BCUT2D eigenvalue weighted by Gasteiger charge is -2.14. The number of hydrogen-bond donors (Lipinski definition) is 2. The van der Waals surface area contributed by atoms with Gasteiger partial charge in [0, 0.05) is 17.6 Å². The summed E-state index contributed by atoms with van der Waals surface area (Å²) in [4.78, 5) is 16.5. The number of pyridine rings is 2. The van der Waals surface area contributed by atoms with Crippen molar-refractivity contribution in [1.29, 1.82) is 0 Å². The van der Waals surface area contributed by atoms with Crippen molar-refractivity contribution in [2.45, 2.75) is 17.6 Å². The Bertz CT molecular complexity index is 1380. The molecule has 3 heterocycles. The zero-order valence-corrected chi connectivity index (χ0v) is 15.3. The molecule has 0 aliphatic heterocycles. The Balaban J connectivity index is 1.90. The van der Waals surface area contributed by atoms with Crippen molar-refractivity contribution in [1.82, 2.24) is 19.7 Å². The van der Waals surface area contributed by atoms with E-state index in [0.717, 1.165) is 12.3 Å². The van der Waals surface area contributed by atoms with Crippen LogP contribution in [0.25, 0.3) is 21.8 Å². The highest BCUT2D eigenvalue weighted by atomic mass is 32.2. The van der Waals surface area contributed by atoms with E-state index in [1.165, 1.54) is 30.5 Å². The summed E-state index contributed by atoms with van der Waals surface area (Å²) < 4.78 is 66.9. The molecule has 8 nitrogen and oxygen atoms in total. The molecule has 0 saturated heterocycles. The van der Waals surface area contributed by atoms with Gasteiger partial charge in [0.25, 0.3) is 15.6 Å². The number of sulfonamides is 1. The minimum absolute atomic E-state index is 0.0267. The van der Waals surface area contributed by atoms with Crippen LogP contribution in [0.5, 0.6) is 0 Å². The number of nitrogens with one attached hydrogen (secondary N) is 2. The van der Waals surface area contributed by atoms with Crippen molar-refractivity contribution in [3.8, 4) is 0 Å². The van der Waals surface area contributed by atoms with Crippen LogP contribution in [0.4, 0.5) is 19.0 Å². The Morgan fingerprint density at radius 3 is 2.52 bits per heavy atom. The Kier molecular flexibility index (Phi) is 4.30. The third-order valence-electron chi connectivity index (χ3n) is 4.19. The van der Waals surface area contributed by atoms with Gasteiger partial charge in [-0.25, -0.2) is 13.4 Å². The van der Waals surface area contributed by atoms with E-state index < -0.39 is 28.3 Å². The average molecular weight is 423 g/mol. The molecule has 0 saturated carbocycles. The lowest BCUT2D eigenvalue weighted by Crippen LogP contribution is -2.28. The quantitative estimate of drug-likeness (QED) is 0.524. The summed E-state index contributed by atoms with van der Waals surface area (Å²) in [5, 5.41) is 6.45. The van der Waals surface area contributed by atoms with Crippen LogP contribution in [-0.4, -0.2) is 34.3 Å². The van der Waals surface area contributed by atoms with E-state index in [9.17, 15) is 26.4 Å². The molecule has 4 rings (SSSR count). The van der Waals surface area contributed by atoms with E-state index in [1.807, 2.05) is 0 Å². The molecule has 0 atom stereocenters. The van der Waals surface area contributed by atoms with Crippen LogP contribution in [-0.2, 0) is 16.6 Å². The van der Waals surface area contributed by atoms with Gasteiger partial charge in [0.1, 0.15) is 12.4 Å². The van der Waals surface area contributed by atoms with Gasteiger partial charge in [0.2, 0.25) is 0 Å². The highest BCUT2D eigenvalue weighted by Crippen LogP contribution is 2.26. The van der Waals surface area contributed by atoms with Gasteiger partial charge in [0.15, 0.2) is 0 Å². The van der Waals surface area contributed by atoms with E-state index >= 15 is 0 Å². The Morgan fingerprint density at radius 2 is 1.83 bits per heavy atom. The van der Waals surface area contributed by atoms with Crippen molar-refractivity contribution < 1.29 is 21.6 Å². The fourth-order valence-corrected chi connectivity index (χ4v) is 3.98. The second-order valence-corrected chi connectivity index (χ2v) is 7.85. The Labute approximate surface area is 161 Å². The van der Waals surface area contributed by atoms with Gasteiger partial charge in [-0.05, 0) is 12.1 Å². The first-order valence-electron chi connectivity index (χ1n) is 8.16. The fourth-order valence-electron chi connectivity index (χ4n) is 2.96. The number of hydrogen-bond acceptors (Lipinski definition) is 5. The summed E-state index contributed by atoms with van der Waals surface area (Å²) in [5.41, 5.74) is -0.820.